The van der Waals surface area contributed by atoms with Crippen LogP contribution in [0.2, 0.25) is 0 Å². The first-order valence-corrected chi connectivity index (χ1v) is 6.97. The molecule has 0 aromatic heterocycles. The number of fused-ring (bicyclic) bond motifs is 1. The molecular weight excluding hydrogens is 224 g/mol. The third kappa shape index (κ3) is 2.36. The van der Waals surface area contributed by atoms with Gasteiger partial charge in [-0.15, -0.1) is 11.8 Å². The van der Waals surface area contributed by atoms with E-state index in [-0.39, 0.29) is 18.0 Å². The Kier molecular flexibility index (Phi) is 4.10. The number of hydrogen-bond acceptors (Lipinski definition) is 4. The van der Waals surface area contributed by atoms with Crippen LogP contribution >= 0.6 is 11.8 Å². The molecule has 0 aliphatic carbocycles. The molecule has 5 heteroatoms. The van der Waals surface area contributed by atoms with E-state index in [9.17, 15) is 4.79 Å². The molecule has 2 fully saturated rings. The van der Waals surface area contributed by atoms with Crippen molar-refractivity contribution >= 4 is 17.7 Å². The topological polar surface area (TPSA) is 55.6 Å². The van der Waals surface area contributed by atoms with Crippen LogP contribution in [0.5, 0.6) is 0 Å². The summed E-state index contributed by atoms with van der Waals surface area (Å²) in [4.78, 5) is 14.2. The van der Waals surface area contributed by atoms with E-state index in [1.807, 2.05) is 16.7 Å². The van der Waals surface area contributed by atoms with Crippen molar-refractivity contribution < 1.29 is 9.53 Å². The Morgan fingerprint density at radius 2 is 2.31 bits per heavy atom. The second-order valence-corrected chi connectivity index (χ2v) is 5.79. The maximum absolute atomic E-state index is 12.2. The zero-order chi connectivity index (χ0) is 11.5. The molecule has 3 unspecified atom stereocenters. The van der Waals surface area contributed by atoms with Gasteiger partial charge in [-0.1, -0.05) is 0 Å². The summed E-state index contributed by atoms with van der Waals surface area (Å²) in [6, 6.07) is -0.0807. The Hall–Kier alpha value is -0.260. The second kappa shape index (κ2) is 5.38. The zero-order valence-corrected chi connectivity index (χ0v) is 10.5. The lowest BCUT2D eigenvalue weighted by Gasteiger charge is -2.41. The number of carbonyl (C=O) groups excluding carboxylic acids is 1. The summed E-state index contributed by atoms with van der Waals surface area (Å²) in [6.07, 6.45) is 4.13. The van der Waals surface area contributed by atoms with Gasteiger partial charge >= 0.3 is 0 Å². The van der Waals surface area contributed by atoms with Gasteiger partial charge in [0.25, 0.3) is 0 Å². The smallest absolute Gasteiger partial charge is 0.240 e. The Morgan fingerprint density at radius 1 is 1.50 bits per heavy atom. The van der Waals surface area contributed by atoms with Crippen LogP contribution in [0.4, 0.5) is 0 Å². The number of thioether (sulfide) groups is 1. The Labute approximate surface area is 101 Å². The number of piperidine rings is 1. The number of methoxy groups -OCH3 is 1. The van der Waals surface area contributed by atoms with Gasteiger partial charge in [-0.05, 0) is 31.4 Å². The van der Waals surface area contributed by atoms with Crippen molar-refractivity contribution in [1.29, 1.82) is 0 Å². The third-order valence-corrected chi connectivity index (χ3v) is 4.68. The van der Waals surface area contributed by atoms with Gasteiger partial charge in [-0.25, -0.2) is 0 Å². The number of nitrogens with zero attached hydrogens (tertiary/aromatic N) is 1. The molecule has 0 aromatic carbocycles. The maximum Gasteiger partial charge on any atom is 0.240 e. The van der Waals surface area contributed by atoms with Gasteiger partial charge in [0.05, 0.1) is 24.1 Å². The quantitative estimate of drug-likeness (QED) is 0.781. The van der Waals surface area contributed by atoms with Crippen LogP contribution in [-0.4, -0.2) is 47.7 Å². The molecule has 92 valence electrons. The SMILES string of the molecule is COCC1CCCC2SCCC(N)C(=O)N12. The third-order valence-electron chi connectivity index (χ3n) is 3.36. The molecule has 2 saturated heterocycles. The normalized spacial score (nSPS) is 35.8. The van der Waals surface area contributed by atoms with Gasteiger partial charge in [0.1, 0.15) is 0 Å². The highest BCUT2D eigenvalue weighted by atomic mass is 32.2. The van der Waals surface area contributed by atoms with Crippen LogP contribution < -0.4 is 5.73 Å². The van der Waals surface area contributed by atoms with E-state index < -0.39 is 0 Å². The van der Waals surface area contributed by atoms with E-state index in [2.05, 4.69) is 0 Å². The van der Waals surface area contributed by atoms with Crippen LogP contribution in [0, 0.1) is 0 Å². The minimum absolute atomic E-state index is 0.122. The first kappa shape index (κ1) is 12.2. The number of nitrogens with two attached hydrogens (primary N) is 1. The molecule has 2 N–H and O–H groups in total. The molecule has 2 aliphatic rings. The molecular formula is C11H20N2O2S. The van der Waals surface area contributed by atoms with Crippen molar-refractivity contribution in [3.05, 3.63) is 0 Å². The Bertz CT molecular complexity index is 260. The lowest BCUT2D eigenvalue weighted by molar-refractivity contribution is -0.138. The minimum Gasteiger partial charge on any atom is -0.383 e. The standard InChI is InChI=1S/C11H20N2O2S/c1-15-7-8-3-2-4-10-13(8)11(14)9(12)5-6-16-10/h8-10H,2-7,12H2,1H3. The lowest BCUT2D eigenvalue weighted by atomic mass is 10.0. The zero-order valence-electron chi connectivity index (χ0n) is 9.72. The monoisotopic (exact) mass is 244 g/mol. The van der Waals surface area contributed by atoms with Crippen molar-refractivity contribution in [3.8, 4) is 0 Å². The molecule has 4 nitrogen and oxygen atoms in total. The van der Waals surface area contributed by atoms with E-state index in [1.165, 1.54) is 6.42 Å². The number of hydrogen-bond donors (Lipinski definition) is 1. The van der Waals surface area contributed by atoms with Gasteiger partial charge in [0.15, 0.2) is 0 Å². The number of amides is 1. The van der Waals surface area contributed by atoms with Crippen LogP contribution in [0.3, 0.4) is 0 Å². The van der Waals surface area contributed by atoms with Crippen molar-refractivity contribution in [2.24, 2.45) is 5.73 Å². The maximum atomic E-state index is 12.2. The number of rotatable bonds is 2. The summed E-state index contributed by atoms with van der Waals surface area (Å²) >= 11 is 1.87. The van der Waals surface area contributed by atoms with Crippen molar-refractivity contribution in [1.82, 2.24) is 4.90 Å². The fraction of sp³-hybridized carbons (Fsp3) is 0.909. The lowest BCUT2D eigenvalue weighted by Crippen LogP contribution is -2.54. The molecule has 0 bridgehead atoms. The summed E-state index contributed by atoms with van der Waals surface area (Å²) < 4.78 is 5.21. The summed E-state index contributed by atoms with van der Waals surface area (Å²) in [5.41, 5.74) is 5.90. The van der Waals surface area contributed by atoms with Gasteiger partial charge < -0.3 is 15.4 Å². The van der Waals surface area contributed by atoms with E-state index in [1.54, 1.807) is 7.11 Å². The van der Waals surface area contributed by atoms with Crippen molar-refractivity contribution in [3.63, 3.8) is 0 Å². The highest BCUT2D eigenvalue weighted by Gasteiger charge is 2.38. The minimum atomic E-state index is -0.310. The highest BCUT2D eigenvalue weighted by Crippen LogP contribution is 2.33. The molecule has 3 atom stereocenters. The largest absolute Gasteiger partial charge is 0.383 e. The van der Waals surface area contributed by atoms with Crippen LogP contribution in [0.15, 0.2) is 0 Å². The van der Waals surface area contributed by atoms with Crippen molar-refractivity contribution in [2.75, 3.05) is 19.5 Å². The Morgan fingerprint density at radius 3 is 3.06 bits per heavy atom. The molecule has 2 aliphatic heterocycles. The predicted octanol–water partition coefficient (Wildman–Crippen LogP) is 0.804. The molecule has 0 spiro atoms. The Balaban J connectivity index is 2.15. The predicted molar refractivity (Wildman–Crippen MR) is 65.2 cm³/mol. The van der Waals surface area contributed by atoms with Crippen LogP contribution in [-0.2, 0) is 9.53 Å². The molecule has 2 heterocycles. The first-order chi connectivity index (χ1) is 7.74. The summed E-state index contributed by atoms with van der Waals surface area (Å²) in [6.45, 7) is 0.634. The van der Waals surface area contributed by atoms with E-state index >= 15 is 0 Å². The molecule has 1 amide bonds. The van der Waals surface area contributed by atoms with Gasteiger partial charge in [0, 0.05) is 7.11 Å². The molecule has 0 aromatic rings. The van der Waals surface area contributed by atoms with E-state index in [4.69, 9.17) is 10.5 Å². The average Bonchev–Trinajstić information content (AvgIpc) is 2.41. The van der Waals surface area contributed by atoms with E-state index in [0.717, 1.165) is 25.0 Å². The fourth-order valence-corrected chi connectivity index (χ4v) is 3.96. The summed E-state index contributed by atoms with van der Waals surface area (Å²) in [7, 11) is 1.69. The van der Waals surface area contributed by atoms with Crippen molar-refractivity contribution in [2.45, 2.75) is 43.1 Å². The molecule has 16 heavy (non-hydrogen) atoms. The molecule has 2 rings (SSSR count). The molecule has 0 radical (unpaired) electrons. The van der Waals surface area contributed by atoms with Gasteiger partial charge in [-0.3, -0.25) is 4.79 Å². The first-order valence-electron chi connectivity index (χ1n) is 5.92. The number of carbonyl (C=O) groups is 1. The summed E-state index contributed by atoms with van der Waals surface area (Å²) in [5.74, 6) is 1.12. The molecule has 0 saturated carbocycles. The van der Waals surface area contributed by atoms with E-state index in [0.29, 0.717) is 12.0 Å². The summed E-state index contributed by atoms with van der Waals surface area (Å²) in [5, 5.41) is 0.329. The fourth-order valence-electron chi connectivity index (χ4n) is 2.53. The van der Waals surface area contributed by atoms with Crippen LogP contribution in [0.1, 0.15) is 25.7 Å². The van der Waals surface area contributed by atoms with Crippen LogP contribution in [0.25, 0.3) is 0 Å². The average molecular weight is 244 g/mol. The second-order valence-electron chi connectivity index (χ2n) is 4.51. The van der Waals surface area contributed by atoms with Gasteiger partial charge in [-0.2, -0.15) is 0 Å². The van der Waals surface area contributed by atoms with Gasteiger partial charge in [0.2, 0.25) is 5.91 Å². The highest BCUT2D eigenvalue weighted by molar-refractivity contribution is 7.99. The number of ether oxygens (including phenoxy) is 1.